The zero-order chi connectivity index (χ0) is 34.8. The molecular weight excluding hydrogens is 657 g/mol. The lowest BCUT2D eigenvalue weighted by atomic mass is 9.98. The molecule has 0 saturated carbocycles. The number of nitrogens with zero attached hydrogens (tertiary/aromatic N) is 2. The van der Waals surface area contributed by atoms with E-state index >= 15 is 0 Å². The van der Waals surface area contributed by atoms with Crippen molar-refractivity contribution in [2.75, 3.05) is 33.3 Å². The Hall–Kier alpha value is -6.12. The van der Waals surface area contributed by atoms with Gasteiger partial charge in [0.25, 0.3) is 0 Å². The van der Waals surface area contributed by atoms with Gasteiger partial charge in [-0.3, -0.25) is 4.79 Å². The quantitative estimate of drug-likeness (QED) is 0.172. The Morgan fingerprint density at radius 3 is 1.84 bits per heavy atom. The van der Waals surface area contributed by atoms with E-state index < -0.39 is 0 Å². The third-order valence-electron chi connectivity index (χ3n) is 9.77. The van der Waals surface area contributed by atoms with Crippen molar-refractivity contribution in [1.82, 2.24) is 4.73 Å². The highest BCUT2D eigenvalue weighted by atomic mass is 32.2. The largest absolute Gasteiger partial charge is 0.497 e. The topological polar surface area (TPSA) is 62.2 Å². The van der Waals surface area contributed by atoms with Gasteiger partial charge in [-0.2, -0.15) is 4.73 Å². The van der Waals surface area contributed by atoms with Crippen molar-refractivity contribution in [1.29, 1.82) is 0 Å². The number of fused-ring (bicyclic) bond motifs is 7. The van der Waals surface area contributed by atoms with Crippen LogP contribution >= 0.6 is 11.8 Å². The van der Waals surface area contributed by atoms with E-state index in [2.05, 4.69) is 71.6 Å². The zero-order valence-electron chi connectivity index (χ0n) is 28.4. The van der Waals surface area contributed by atoms with E-state index in [1.807, 2.05) is 59.3 Å². The lowest BCUT2D eigenvalue weighted by molar-refractivity contribution is 0.190. The Balaban J connectivity index is 1.23. The fourth-order valence-corrected chi connectivity index (χ4v) is 8.32. The molecular formula is C43H32N2O5S. The van der Waals surface area contributed by atoms with Crippen molar-refractivity contribution in [3.8, 4) is 28.4 Å². The molecule has 9 rings (SSSR count). The smallest absolute Gasteiger partial charge is 0.194 e. The minimum atomic E-state index is -0.0152. The molecule has 0 N–H and O–H groups in total. The summed E-state index contributed by atoms with van der Waals surface area (Å²) < 4.78 is 18.7. The van der Waals surface area contributed by atoms with E-state index in [0.717, 1.165) is 87.8 Å². The Morgan fingerprint density at radius 1 is 0.529 bits per heavy atom. The second-order valence-corrected chi connectivity index (χ2v) is 13.5. The molecule has 0 amide bonds. The predicted molar refractivity (Wildman–Crippen MR) is 207 cm³/mol. The minimum absolute atomic E-state index is 0.0152. The number of aromatic nitrogens is 1. The van der Waals surface area contributed by atoms with Gasteiger partial charge in [0, 0.05) is 49.2 Å². The number of anilines is 3. The molecule has 2 heterocycles. The molecule has 0 aliphatic carbocycles. The maximum atomic E-state index is 14.3. The van der Waals surface area contributed by atoms with Gasteiger partial charge in [-0.05, 0) is 94.7 Å². The summed E-state index contributed by atoms with van der Waals surface area (Å²) in [6.45, 7) is 0. The number of benzene rings is 6. The van der Waals surface area contributed by atoms with Gasteiger partial charge in [0.15, 0.2) is 5.43 Å². The van der Waals surface area contributed by atoms with Crippen LogP contribution in [0.25, 0.3) is 54.5 Å². The zero-order valence-corrected chi connectivity index (χ0v) is 29.2. The normalized spacial score (nSPS) is 12.3. The van der Waals surface area contributed by atoms with Gasteiger partial charge >= 0.3 is 0 Å². The molecule has 250 valence electrons. The van der Waals surface area contributed by atoms with Crippen LogP contribution in [0.1, 0.15) is 0 Å². The van der Waals surface area contributed by atoms with E-state index in [1.165, 1.54) is 0 Å². The summed E-state index contributed by atoms with van der Waals surface area (Å²) in [5, 5.41) is 5.10. The average molecular weight is 689 g/mol. The van der Waals surface area contributed by atoms with Gasteiger partial charge in [-0.1, -0.05) is 48.2 Å². The highest BCUT2D eigenvalue weighted by Gasteiger charge is 2.26. The molecule has 8 heteroatoms. The first-order valence-corrected chi connectivity index (χ1v) is 17.3. The molecule has 0 fully saturated rings. The summed E-state index contributed by atoms with van der Waals surface area (Å²) >= 11 is 1.71. The van der Waals surface area contributed by atoms with Crippen LogP contribution in [-0.2, 0) is 0 Å². The van der Waals surface area contributed by atoms with Gasteiger partial charge in [0.05, 0.1) is 43.7 Å². The summed E-state index contributed by atoms with van der Waals surface area (Å²) in [6.07, 6.45) is 0. The van der Waals surface area contributed by atoms with Gasteiger partial charge in [-0.15, -0.1) is 0 Å². The number of methoxy groups -OCH3 is 3. The SMILES string of the molecule is COc1ccc2c(c1)N(c1ccc3c(=O)c4cccc(-c5ccc6c(c5)c5cc(OC)ccc5n6OC)c4ccc3c1)c1cc(OC)ccc1S2. The van der Waals surface area contributed by atoms with Crippen LogP contribution in [0.15, 0.2) is 136 Å². The molecule has 0 saturated heterocycles. The van der Waals surface area contributed by atoms with Crippen LogP contribution in [-0.4, -0.2) is 33.2 Å². The lowest BCUT2D eigenvalue weighted by Gasteiger charge is -2.33. The average Bonchev–Trinajstić information content (AvgIpc) is 3.41. The van der Waals surface area contributed by atoms with Crippen LogP contribution in [0.5, 0.6) is 17.2 Å². The predicted octanol–water partition coefficient (Wildman–Crippen LogP) is 10.1. The van der Waals surface area contributed by atoms with E-state index in [-0.39, 0.29) is 5.43 Å². The van der Waals surface area contributed by atoms with Crippen LogP contribution < -0.4 is 29.4 Å². The molecule has 1 aliphatic heterocycles. The molecule has 7 aromatic carbocycles. The molecule has 0 radical (unpaired) electrons. The summed E-state index contributed by atoms with van der Waals surface area (Å²) in [5.74, 6) is 2.31. The van der Waals surface area contributed by atoms with E-state index in [9.17, 15) is 4.79 Å². The molecule has 0 spiro atoms. The Kier molecular flexibility index (Phi) is 7.29. The molecule has 0 bridgehead atoms. The maximum absolute atomic E-state index is 14.3. The van der Waals surface area contributed by atoms with Crippen LogP contribution in [0, 0.1) is 0 Å². The first kappa shape index (κ1) is 30.9. The van der Waals surface area contributed by atoms with Crippen molar-refractivity contribution < 1.29 is 19.0 Å². The summed E-state index contributed by atoms with van der Waals surface area (Å²) in [7, 11) is 6.69. The highest BCUT2D eigenvalue weighted by molar-refractivity contribution is 7.99. The maximum Gasteiger partial charge on any atom is 0.194 e. The van der Waals surface area contributed by atoms with Gasteiger partial charge in [0.2, 0.25) is 0 Å². The molecule has 1 aliphatic rings. The molecule has 0 unspecified atom stereocenters. The number of rotatable bonds is 6. The van der Waals surface area contributed by atoms with Crippen molar-refractivity contribution in [3.63, 3.8) is 0 Å². The van der Waals surface area contributed by atoms with Gasteiger partial charge < -0.3 is 23.9 Å². The molecule has 0 atom stereocenters. The first-order chi connectivity index (χ1) is 25.0. The van der Waals surface area contributed by atoms with E-state index in [0.29, 0.717) is 10.8 Å². The second-order valence-electron chi connectivity index (χ2n) is 12.4. The molecule has 7 nitrogen and oxygen atoms in total. The molecule has 51 heavy (non-hydrogen) atoms. The summed E-state index contributed by atoms with van der Waals surface area (Å²) in [6, 6.07) is 40.7. The van der Waals surface area contributed by atoms with Crippen molar-refractivity contribution in [2.24, 2.45) is 0 Å². The third-order valence-corrected chi connectivity index (χ3v) is 10.9. The number of hydrogen-bond donors (Lipinski definition) is 0. The Morgan fingerprint density at radius 2 is 1.16 bits per heavy atom. The lowest BCUT2D eigenvalue weighted by Crippen LogP contribution is -2.15. The summed E-state index contributed by atoms with van der Waals surface area (Å²) in [4.78, 5) is 24.5. The standard InChI is InChI=1S/C43H32N2O5S/c1-47-28-11-17-38-36(22-28)35-21-26(9-16-37(35)45(38)50-4)31-6-5-7-34-33(31)14-8-25-20-27(10-15-32(25)43(34)46)44-39-23-29(48-2)12-18-41(39)51-42-19-13-30(49-3)24-40(42)44/h5-24H,1-4H3. The first-order valence-electron chi connectivity index (χ1n) is 16.5. The third kappa shape index (κ3) is 4.86. The Labute approximate surface area is 298 Å². The van der Waals surface area contributed by atoms with Gasteiger partial charge in [0.1, 0.15) is 24.4 Å². The van der Waals surface area contributed by atoms with Gasteiger partial charge in [-0.25, -0.2) is 0 Å². The van der Waals surface area contributed by atoms with E-state index in [4.69, 9.17) is 19.0 Å². The molecule has 1 aromatic heterocycles. The van der Waals surface area contributed by atoms with Crippen LogP contribution in [0.3, 0.4) is 0 Å². The monoisotopic (exact) mass is 688 g/mol. The fraction of sp³-hybridized carbons (Fsp3) is 0.0930. The molecule has 8 aromatic rings. The van der Waals surface area contributed by atoms with Crippen LogP contribution in [0.4, 0.5) is 17.1 Å². The van der Waals surface area contributed by atoms with Crippen LogP contribution in [0.2, 0.25) is 0 Å². The number of ether oxygens (including phenoxy) is 3. The van der Waals surface area contributed by atoms with E-state index in [1.54, 1.807) is 40.2 Å². The van der Waals surface area contributed by atoms with Crippen molar-refractivity contribution in [3.05, 3.63) is 132 Å². The minimum Gasteiger partial charge on any atom is -0.497 e. The second kappa shape index (κ2) is 12.0. The summed E-state index contributed by atoms with van der Waals surface area (Å²) in [5.41, 5.74) is 6.79. The Bertz CT molecular complexity index is 2720. The van der Waals surface area contributed by atoms with Crippen molar-refractivity contribution >= 4 is 72.2 Å². The van der Waals surface area contributed by atoms with Crippen molar-refractivity contribution in [2.45, 2.75) is 9.79 Å². The highest BCUT2D eigenvalue weighted by Crippen LogP contribution is 2.53. The number of hydrogen-bond acceptors (Lipinski definition) is 7. The fourth-order valence-electron chi connectivity index (χ4n) is 7.30.